The fraction of sp³-hybridized carbons (Fsp3) is 0.944. The molecule has 6 nitrogen and oxygen atoms in total. The second-order valence-corrected chi connectivity index (χ2v) is 7.40. The minimum atomic E-state index is 0. The highest BCUT2D eigenvalue weighted by Gasteiger charge is 2.35. The van der Waals surface area contributed by atoms with Crippen LogP contribution in [0.4, 0.5) is 0 Å². The monoisotopic (exact) mass is 471 g/mol. The summed E-state index contributed by atoms with van der Waals surface area (Å²) < 4.78 is 16.4. The maximum atomic E-state index is 6.04. The Morgan fingerprint density at radius 1 is 1.20 bits per heavy atom. The number of ether oxygens (including phenoxy) is 3. The summed E-state index contributed by atoms with van der Waals surface area (Å²) in [5, 5.41) is 6.79. The van der Waals surface area contributed by atoms with Crippen LogP contribution in [0.1, 0.15) is 40.0 Å². The zero-order valence-electron chi connectivity index (χ0n) is 16.6. The largest absolute Gasteiger partial charge is 0.382 e. The lowest BCUT2D eigenvalue weighted by Crippen LogP contribution is -2.47. The van der Waals surface area contributed by atoms with E-state index in [9.17, 15) is 0 Å². The van der Waals surface area contributed by atoms with E-state index in [1.54, 1.807) is 7.11 Å². The fourth-order valence-corrected chi connectivity index (χ4v) is 3.08. The number of nitrogens with one attached hydrogen (secondary N) is 2. The summed E-state index contributed by atoms with van der Waals surface area (Å²) in [4.78, 5) is 4.30. The number of rotatable bonds is 9. The normalized spacial score (nSPS) is 21.6. The molecular weight excluding hydrogens is 433 g/mol. The van der Waals surface area contributed by atoms with Crippen LogP contribution in [0.15, 0.2) is 4.99 Å². The number of methoxy groups -OCH3 is 1. The third-order valence-electron chi connectivity index (χ3n) is 4.24. The van der Waals surface area contributed by atoms with E-state index in [4.69, 9.17) is 14.2 Å². The highest BCUT2D eigenvalue weighted by Crippen LogP contribution is 2.33. The Morgan fingerprint density at radius 2 is 1.96 bits per heavy atom. The van der Waals surface area contributed by atoms with E-state index >= 15 is 0 Å². The van der Waals surface area contributed by atoms with E-state index in [1.807, 2.05) is 7.05 Å². The number of guanidine groups is 1. The lowest BCUT2D eigenvalue weighted by molar-refractivity contribution is -0.0835. The molecule has 150 valence electrons. The molecule has 2 unspecified atom stereocenters. The second-order valence-electron chi connectivity index (χ2n) is 7.40. The molecule has 0 aromatic carbocycles. The molecule has 0 spiro atoms. The quantitative estimate of drug-likeness (QED) is 0.234. The van der Waals surface area contributed by atoms with Crippen molar-refractivity contribution in [2.45, 2.75) is 46.1 Å². The van der Waals surface area contributed by atoms with Gasteiger partial charge < -0.3 is 24.8 Å². The Morgan fingerprint density at radius 3 is 2.60 bits per heavy atom. The number of halogens is 1. The van der Waals surface area contributed by atoms with Gasteiger partial charge in [-0.2, -0.15) is 0 Å². The summed E-state index contributed by atoms with van der Waals surface area (Å²) in [7, 11) is 3.49. The number of hydrogen-bond acceptors (Lipinski definition) is 4. The van der Waals surface area contributed by atoms with Crippen LogP contribution in [-0.2, 0) is 14.2 Å². The van der Waals surface area contributed by atoms with Gasteiger partial charge in [-0.25, -0.2) is 0 Å². The van der Waals surface area contributed by atoms with Crippen molar-refractivity contribution in [2.75, 3.05) is 53.7 Å². The van der Waals surface area contributed by atoms with Crippen molar-refractivity contribution in [3.05, 3.63) is 0 Å². The first-order valence-corrected chi connectivity index (χ1v) is 9.12. The van der Waals surface area contributed by atoms with Gasteiger partial charge in [0.2, 0.25) is 0 Å². The molecule has 1 aliphatic rings. The third kappa shape index (κ3) is 10.6. The van der Waals surface area contributed by atoms with Gasteiger partial charge in [-0.15, -0.1) is 24.0 Å². The van der Waals surface area contributed by atoms with Crippen LogP contribution >= 0.6 is 24.0 Å². The van der Waals surface area contributed by atoms with E-state index in [0.29, 0.717) is 25.2 Å². The molecule has 1 rings (SSSR count). The Balaban J connectivity index is 0.00000576. The summed E-state index contributed by atoms with van der Waals surface area (Å²) in [6, 6.07) is 0. The highest BCUT2D eigenvalue weighted by molar-refractivity contribution is 14.0. The average Bonchev–Trinajstić information content (AvgIpc) is 2.56. The topological polar surface area (TPSA) is 64.1 Å². The number of nitrogens with zero attached hydrogens (tertiary/aromatic N) is 1. The minimum absolute atomic E-state index is 0. The molecule has 0 aliphatic carbocycles. The van der Waals surface area contributed by atoms with E-state index in [1.165, 1.54) is 6.42 Å². The van der Waals surface area contributed by atoms with Crippen LogP contribution in [0, 0.1) is 11.3 Å². The van der Waals surface area contributed by atoms with Crippen molar-refractivity contribution in [3.63, 3.8) is 0 Å². The summed E-state index contributed by atoms with van der Waals surface area (Å²) in [5.41, 5.74) is 0.170. The zero-order chi connectivity index (χ0) is 17.8. The molecule has 0 aromatic heterocycles. The molecule has 0 amide bonds. The van der Waals surface area contributed by atoms with Gasteiger partial charge >= 0.3 is 0 Å². The van der Waals surface area contributed by atoms with Gasteiger partial charge in [-0.3, -0.25) is 4.99 Å². The molecule has 25 heavy (non-hydrogen) atoms. The van der Waals surface area contributed by atoms with Crippen LogP contribution in [0.2, 0.25) is 0 Å². The second kappa shape index (κ2) is 14.0. The van der Waals surface area contributed by atoms with Crippen molar-refractivity contribution >= 4 is 29.9 Å². The maximum Gasteiger partial charge on any atom is 0.190 e. The van der Waals surface area contributed by atoms with Crippen molar-refractivity contribution in [2.24, 2.45) is 16.3 Å². The Labute approximate surface area is 170 Å². The Bertz CT molecular complexity index is 362. The standard InChI is InChI=1S/C18H37N3O3.HI/c1-18(2,3)16-15(8-6-11-24-16)14-21-17(19-4)20-9-7-10-23-13-12-22-5;/h15-16H,6-14H2,1-5H3,(H2,19,20,21);1H. The molecule has 0 aromatic rings. The van der Waals surface area contributed by atoms with Crippen LogP contribution in [0.25, 0.3) is 0 Å². The van der Waals surface area contributed by atoms with Crippen LogP contribution < -0.4 is 10.6 Å². The van der Waals surface area contributed by atoms with Crippen molar-refractivity contribution in [3.8, 4) is 0 Å². The van der Waals surface area contributed by atoms with Crippen molar-refractivity contribution in [1.82, 2.24) is 10.6 Å². The fourth-order valence-electron chi connectivity index (χ4n) is 3.08. The highest BCUT2D eigenvalue weighted by atomic mass is 127. The van der Waals surface area contributed by atoms with Crippen LogP contribution in [0.3, 0.4) is 0 Å². The summed E-state index contributed by atoms with van der Waals surface area (Å²) in [5.74, 6) is 1.37. The Hall–Kier alpha value is -0.120. The molecule has 2 atom stereocenters. The zero-order valence-corrected chi connectivity index (χ0v) is 18.9. The van der Waals surface area contributed by atoms with Gasteiger partial charge in [0.25, 0.3) is 0 Å². The molecule has 0 saturated carbocycles. The third-order valence-corrected chi connectivity index (χ3v) is 4.24. The first kappa shape index (κ1) is 24.9. The molecule has 0 bridgehead atoms. The van der Waals surface area contributed by atoms with Crippen LogP contribution in [-0.4, -0.2) is 65.7 Å². The molecule has 1 saturated heterocycles. The average molecular weight is 471 g/mol. The van der Waals surface area contributed by atoms with E-state index < -0.39 is 0 Å². The van der Waals surface area contributed by atoms with E-state index in [-0.39, 0.29) is 29.4 Å². The van der Waals surface area contributed by atoms with E-state index in [0.717, 1.165) is 45.1 Å². The van der Waals surface area contributed by atoms with Crippen molar-refractivity contribution < 1.29 is 14.2 Å². The molecule has 0 radical (unpaired) electrons. The minimum Gasteiger partial charge on any atom is -0.382 e. The Kier molecular flexibility index (Phi) is 13.9. The lowest BCUT2D eigenvalue weighted by Gasteiger charge is -2.40. The SMILES string of the molecule is CN=C(NCCCOCCOC)NCC1CCCOC1C(C)(C)C.I. The lowest BCUT2D eigenvalue weighted by atomic mass is 9.78. The van der Waals surface area contributed by atoms with Gasteiger partial charge in [0.1, 0.15) is 0 Å². The molecule has 1 heterocycles. The summed E-state index contributed by atoms with van der Waals surface area (Å²) in [6.45, 7) is 11.4. The van der Waals surface area contributed by atoms with Crippen LogP contribution in [0.5, 0.6) is 0 Å². The van der Waals surface area contributed by atoms with E-state index in [2.05, 4.69) is 36.4 Å². The molecule has 1 fully saturated rings. The van der Waals surface area contributed by atoms with Gasteiger partial charge in [0, 0.05) is 46.4 Å². The number of aliphatic imine (C=N–C) groups is 1. The summed E-state index contributed by atoms with van der Waals surface area (Å²) >= 11 is 0. The summed E-state index contributed by atoms with van der Waals surface area (Å²) in [6.07, 6.45) is 3.59. The first-order chi connectivity index (χ1) is 11.5. The predicted octanol–water partition coefficient (Wildman–Crippen LogP) is 2.66. The first-order valence-electron chi connectivity index (χ1n) is 9.12. The molecule has 2 N–H and O–H groups in total. The van der Waals surface area contributed by atoms with Gasteiger partial charge in [0.15, 0.2) is 5.96 Å². The molecule has 1 aliphatic heterocycles. The maximum absolute atomic E-state index is 6.04. The molecular formula is C18H38IN3O3. The smallest absolute Gasteiger partial charge is 0.190 e. The van der Waals surface area contributed by atoms with Crippen molar-refractivity contribution in [1.29, 1.82) is 0 Å². The van der Waals surface area contributed by atoms with Gasteiger partial charge in [-0.1, -0.05) is 20.8 Å². The molecule has 7 heteroatoms. The van der Waals surface area contributed by atoms with Gasteiger partial charge in [-0.05, 0) is 24.7 Å². The number of hydrogen-bond donors (Lipinski definition) is 2. The predicted molar refractivity (Wildman–Crippen MR) is 114 cm³/mol. The van der Waals surface area contributed by atoms with Gasteiger partial charge in [0.05, 0.1) is 19.3 Å².